The molecule has 0 N–H and O–H groups in total. The van der Waals surface area contributed by atoms with Crippen molar-refractivity contribution in [3.05, 3.63) is 24.1 Å². The van der Waals surface area contributed by atoms with Crippen LogP contribution in [0.1, 0.15) is 12.8 Å². The van der Waals surface area contributed by atoms with Crippen molar-refractivity contribution in [2.24, 2.45) is 0 Å². The number of benzene rings is 1. The highest BCUT2D eigenvalue weighted by Crippen LogP contribution is 2.23. The molecule has 0 saturated carbocycles. The molecule has 0 aliphatic rings. The number of alkyl halides is 1. The third kappa shape index (κ3) is 2.34. The maximum Gasteiger partial charge on any atom is 0.237 e. The van der Waals surface area contributed by atoms with Crippen molar-refractivity contribution in [1.82, 2.24) is 4.98 Å². The molecule has 2 rings (SSSR count). The summed E-state index contributed by atoms with van der Waals surface area (Å²) in [6.07, 6.45) is 0. The number of rotatable bonds is 3. The maximum atomic E-state index is 11.7. The molecule has 0 atom stereocenters. The van der Waals surface area contributed by atoms with Gasteiger partial charge < -0.3 is 9.32 Å². The number of hydrogen-bond acceptors (Lipinski definition) is 3. The highest BCUT2D eigenvalue weighted by atomic mass is 79.9. The lowest BCUT2D eigenvalue weighted by molar-refractivity contribution is -0.116. The number of carbonyl (C=O) groups excluding carboxylic acids is 1. The summed E-state index contributed by atoms with van der Waals surface area (Å²) >= 11 is 3.18. The molecule has 5 heteroatoms. The first-order valence-corrected chi connectivity index (χ1v) is 6.51. The van der Waals surface area contributed by atoms with Crippen LogP contribution in [0.5, 0.6) is 0 Å². The van der Waals surface area contributed by atoms with Gasteiger partial charge in [-0.15, -0.1) is 0 Å². The van der Waals surface area contributed by atoms with E-state index in [1.165, 1.54) is 0 Å². The number of fused-ring (bicyclic) bond motifs is 1. The van der Waals surface area contributed by atoms with Crippen LogP contribution in [-0.2, 0) is 4.79 Å². The van der Waals surface area contributed by atoms with E-state index in [2.05, 4.69) is 20.9 Å². The molecule has 1 aromatic heterocycles. The quantitative estimate of drug-likeness (QED) is 0.818. The van der Waals surface area contributed by atoms with E-state index in [9.17, 15) is 4.79 Å². The summed E-state index contributed by atoms with van der Waals surface area (Å²) in [5.41, 5.74) is 2.36. The molecule has 1 aromatic carbocycles. The fraction of sp³-hybridized carbons (Fsp3) is 0.333. The van der Waals surface area contributed by atoms with E-state index in [0.717, 1.165) is 11.2 Å². The van der Waals surface area contributed by atoms with Crippen LogP contribution in [0.25, 0.3) is 11.1 Å². The lowest BCUT2D eigenvalue weighted by Crippen LogP contribution is -2.31. The molecule has 2 aromatic rings. The molecule has 1 heterocycles. The standard InChI is InChI=1S/C12H13BrN2O2/c1-3-15(12(16)7-13)9-4-5-10-11(6-9)17-8(2)14-10/h4-6H,3,7H2,1-2H3. The van der Waals surface area contributed by atoms with Crippen LogP contribution < -0.4 is 4.90 Å². The minimum atomic E-state index is 0.0306. The maximum absolute atomic E-state index is 11.7. The highest BCUT2D eigenvalue weighted by Gasteiger charge is 2.13. The molecular weight excluding hydrogens is 284 g/mol. The zero-order chi connectivity index (χ0) is 12.4. The fourth-order valence-corrected chi connectivity index (χ4v) is 2.07. The molecular formula is C12H13BrN2O2. The summed E-state index contributed by atoms with van der Waals surface area (Å²) in [7, 11) is 0. The highest BCUT2D eigenvalue weighted by molar-refractivity contribution is 9.09. The smallest absolute Gasteiger partial charge is 0.237 e. The zero-order valence-corrected chi connectivity index (χ0v) is 11.3. The second-order valence-electron chi connectivity index (χ2n) is 3.66. The number of amides is 1. The van der Waals surface area contributed by atoms with Gasteiger partial charge in [0, 0.05) is 25.2 Å². The largest absolute Gasteiger partial charge is 0.441 e. The number of oxazole rings is 1. The van der Waals surface area contributed by atoms with Gasteiger partial charge in [-0.2, -0.15) is 0 Å². The summed E-state index contributed by atoms with van der Waals surface area (Å²) in [5.74, 6) is 0.662. The van der Waals surface area contributed by atoms with Crippen molar-refractivity contribution in [1.29, 1.82) is 0 Å². The van der Waals surface area contributed by atoms with Gasteiger partial charge in [0.05, 0.1) is 5.33 Å². The van der Waals surface area contributed by atoms with Crippen LogP contribution in [0.15, 0.2) is 22.6 Å². The third-order valence-corrected chi connectivity index (χ3v) is 3.00. The van der Waals surface area contributed by atoms with Gasteiger partial charge in [-0.25, -0.2) is 4.98 Å². The Morgan fingerprint density at radius 2 is 2.29 bits per heavy atom. The number of nitrogens with zero attached hydrogens (tertiary/aromatic N) is 2. The second kappa shape index (κ2) is 4.87. The average molecular weight is 297 g/mol. The number of hydrogen-bond donors (Lipinski definition) is 0. The predicted octanol–water partition coefficient (Wildman–Crippen LogP) is 2.88. The van der Waals surface area contributed by atoms with Crippen molar-refractivity contribution in [3.8, 4) is 0 Å². The Morgan fingerprint density at radius 3 is 2.94 bits per heavy atom. The van der Waals surface area contributed by atoms with E-state index in [-0.39, 0.29) is 5.91 Å². The van der Waals surface area contributed by atoms with E-state index in [4.69, 9.17) is 4.42 Å². The summed E-state index contributed by atoms with van der Waals surface area (Å²) in [6.45, 7) is 4.38. The molecule has 17 heavy (non-hydrogen) atoms. The van der Waals surface area contributed by atoms with Crippen LogP contribution in [0.3, 0.4) is 0 Å². The Labute approximate surface area is 108 Å². The Bertz CT molecular complexity index is 550. The summed E-state index contributed by atoms with van der Waals surface area (Å²) in [6, 6.07) is 5.60. The molecule has 0 saturated heterocycles. The van der Waals surface area contributed by atoms with Crippen LogP contribution in [0.2, 0.25) is 0 Å². The molecule has 0 aliphatic heterocycles. The average Bonchev–Trinajstić information content (AvgIpc) is 2.69. The first kappa shape index (κ1) is 12.1. The SMILES string of the molecule is CCN(C(=O)CBr)c1ccc2nc(C)oc2c1. The molecule has 0 radical (unpaired) electrons. The van der Waals surface area contributed by atoms with Gasteiger partial charge in [-0.05, 0) is 19.1 Å². The first-order chi connectivity index (χ1) is 8.15. The normalized spacial score (nSPS) is 10.8. The van der Waals surface area contributed by atoms with Crippen molar-refractivity contribution in [2.45, 2.75) is 13.8 Å². The van der Waals surface area contributed by atoms with E-state index in [0.29, 0.717) is 23.3 Å². The Hall–Kier alpha value is -1.36. The van der Waals surface area contributed by atoms with Gasteiger partial charge >= 0.3 is 0 Å². The molecule has 4 nitrogen and oxygen atoms in total. The van der Waals surface area contributed by atoms with E-state index < -0.39 is 0 Å². The topological polar surface area (TPSA) is 46.3 Å². The molecule has 90 valence electrons. The van der Waals surface area contributed by atoms with Crippen molar-refractivity contribution >= 4 is 38.6 Å². The number of anilines is 1. The zero-order valence-electron chi connectivity index (χ0n) is 9.74. The number of carbonyl (C=O) groups is 1. The van der Waals surface area contributed by atoms with Crippen LogP contribution in [0.4, 0.5) is 5.69 Å². The van der Waals surface area contributed by atoms with Gasteiger partial charge in [-0.1, -0.05) is 15.9 Å². The van der Waals surface area contributed by atoms with Crippen LogP contribution in [0, 0.1) is 6.92 Å². The van der Waals surface area contributed by atoms with Crippen molar-refractivity contribution < 1.29 is 9.21 Å². The minimum Gasteiger partial charge on any atom is -0.441 e. The lowest BCUT2D eigenvalue weighted by Gasteiger charge is -2.19. The monoisotopic (exact) mass is 296 g/mol. The summed E-state index contributed by atoms with van der Waals surface area (Å²) in [4.78, 5) is 17.6. The summed E-state index contributed by atoms with van der Waals surface area (Å²) in [5, 5.41) is 0.314. The van der Waals surface area contributed by atoms with Crippen molar-refractivity contribution in [3.63, 3.8) is 0 Å². The number of aryl methyl sites for hydroxylation is 1. The number of aromatic nitrogens is 1. The van der Waals surface area contributed by atoms with E-state index in [1.807, 2.05) is 25.1 Å². The van der Waals surface area contributed by atoms with Crippen molar-refractivity contribution in [2.75, 3.05) is 16.8 Å². The molecule has 0 aliphatic carbocycles. The van der Waals surface area contributed by atoms with Gasteiger partial charge in [0.25, 0.3) is 0 Å². The van der Waals surface area contributed by atoms with Crippen LogP contribution >= 0.6 is 15.9 Å². The molecule has 0 unspecified atom stereocenters. The van der Waals surface area contributed by atoms with E-state index in [1.54, 1.807) is 11.8 Å². The van der Waals surface area contributed by atoms with E-state index >= 15 is 0 Å². The molecule has 1 amide bonds. The fourth-order valence-electron chi connectivity index (χ4n) is 1.77. The molecule has 0 spiro atoms. The predicted molar refractivity (Wildman–Crippen MR) is 70.6 cm³/mol. The minimum absolute atomic E-state index is 0.0306. The first-order valence-electron chi connectivity index (χ1n) is 5.39. The van der Waals surface area contributed by atoms with Gasteiger partial charge in [0.2, 0.25) is 5.91 Å². The summed E-state index contributed by atoms with van der Waals surface area (Å²) < 4.78 is 5.46. The lowest BCUT2D eigenvalue weighted by atomic mass is 10.2. The Kier molecular flexibility index (Phi) is 3.47. The van der Waals surface area contributed by atoms with Crippen LogP contribution in [-0.4, -0.2) is 22.8 Å². The Balaban J connectivity index is 2.43. The third-order valence-electron chi connectivity index (χ3n) is 2.52. The second-order valence-corrected chi connectivity index (χ2v) is 4.22. The molecule has 0 fully saturated rings. The number of halogens is 1. The van der Waals surface area contributed by atoms with Gasteiger partial charge in [-0.3, -0.25) is 4.79 Å². The van der Waals surface area contributed by atoms with Gasteiger partial charge in [0.15, 0.2) is 11.5 Å². The Morgan fingerprint density at radius 1 is 1.53 bits per heavy atom. The van der Waals surface area contributed by atoms with Gasteiger partial charge in [0.1, 0.15) is 5.52 Å². The molecule has 0 bridgehead atoms.